The summed E-state index contributed by atoms with van der Waals surface area (Å²) in [4.78, 5) is 0. The number of nitrogens with zero attached hydrogens (tertiary/aromatic N) is 2. The molecule has 2 aromatic rings. The van der Waals surface area contributed by atoms with Crippen molar-refractivity contribution in [1.82, 2.24) is 15.5 Å². The summed E-state index contributed by atoms with van der Waals surface area (Å²) in [6.07, 6.45) is 1.72. The molecule has 0 unspecified atom stereocenters. The molecule has 2 rings (SSSR count). The molecule has 0 fully saturated rings. The van der Waals surface area contributed by atoms with Gasteiger partial charge < -0.3 is 10.1 Å². The van der Waals surface area contributed by atoms with Gasteiger partial charge in [0.15, 0.2) is 0 Å². The third-order valence-corrected chi connectivity index (χ3v) is 4.09. The van der Waals surface area contributed by atoms with Gasteiger partial charge in [-0.25, -0.2) is 0 Å². The summed E-state index contributed by atoms with van der Waals surface area (Å²) in [5, 5.41) is 14.1. The number of hydrogen-bond acceptors (Lipinski definition) is 5. The zero-order chi connectivity index (χ0) is 15.1. The van der Waals surface area contributed by atoms with Crippen molar-refractivity contribution >= 4 is 11.3 Å². The van der Waals surface area contributed by atoms with Gasteiger partial charge in [-0.3, -0.25) is 0 Å². The number of hydrogen-bond donors (Lipinski definition) is 1. The number of benzene rings is 1. The van der Waals surface area contributed by atoms with Crippen LogP contribution in [0.25, 0.3) is 0 Å². The fourth-order valence-electron chi connectivity index (χ4n) is 2.06. The first-order chi connectivity index (χ1) is 10.2. The van der Waals surface area contributed by atoms with Crippen molar-refractivity contribution in [2.45, 2.75) is 26.7 Å². The smallest absolute Gasteiger partial charge is 0.122 e. The van der Waals surface area contributed by atoms with Crippen LogP contribution in [-0.2, 0) is 12.8 Å². The van der Waals surface area contributed by atoms with E-state index in [1.807, 2.05) is 18.2 Å². The molecule has 21 heavy (non-hydrogen) atoms. The van der Waals surface area contributed by atoms with E-state index in [-0.39, 0.29) is 0 Å². The fourth-order valence-corrected chi connectivity index (χ4v) is 2.93. The first-order valence-corrected chi connectivity index (χ1v) is 8.14. The van der Waals surface area contributed by atoms with Crippen molar-refractivity contribution in [3.05, 3.63) is 39.8 Å². The van der Waals surface area contributed by atoms with E-state index in [0.29, 0.717) is 5.92 Å². The number of rotatable bonds is 8. The highest BCUT2D eigenvalue weighted by Crippen LogP contribution is 2.22. The lowest BCUT2D eigenvalue weighted by molar-refractivity contribution is 0.410. The van der Waals surface area contributed by atoms with Gasteiger partial charge in [-0.05, 0) is 18.5 Å². The van der Waals surface area contributed by atoms with E-state index in [2.05, 4.69) is 35.4 Å². The van der Waals surface area contributed by atoms with Crippen LogP contribution in [0, 0.1) is 5.92 Å². The standard InChI is InChI=1S/C16H23N3OS/c1-12(2)11-17-9-8-15-18-19-16(21-15)10-13-6-4-5-7-14(13)20-3/h4-7,12,17H,8-11H2,1-3H3. The maximum atomic E-state index is 5.37. The number of aromatic nitrogens is 2. The predicted molar refractivity (Wildman–Crippen MR) is 87.1 cm³/mol. The highest BCUT2D eigenvalue weighted by atomic mass is 32.1. The summed E-state index contributed by atoms with van der Waals surface area (Å²) in [5.41, 5.74) is 1.15. The van der Waals surface area contributed by atoms with Crippen molar-refractivity contribution in [2.75, 3.05) is 20.2 Å². The normalized spacial score (nSPS) is 11.0. The SMILES string of the molecule is COc1ccccc1Cc1nnc(CCNCC(C)C)s1. The molecule has 5 heteroatoms. The molecule has 0 aliphatic carbocycles. The molecule has 1 N–H and O–H groups in total. The van der Waals surface area contributed by atoms with E-state index in [1.165, 1.54) is 0 Å². The lowest BCUT2D eigenvalue weighted by Crippen LogP contribution is -2.22. The molecule has 1 aromatic carbocycles. The molecule has 0 aliphatic heterocycles. The Labute approximate surface area is 130 Å². The fraction of sp³-hybridized carbons (Fsp3) is 0.500. The Balaban J connectivity index is 1.88. The Morgan fingerprint density at radius 3 is 2.71 bits per heavy atom. The summed E-state index contributed by atoms with van der Waals surface area (Å²) in [7, 11) is 1.70. The summed E-state index contributed by atoms with van der Waals surface area (Å²) in [5.74, 6) is 1.59. The van der Waals surface area contributed by atoms with Crippen LogP contribution in [0.2, 0.25) is 0 Å². The zero-order valence-electron chi connectivity index (χ0n) is 12.9. The molecule has 4 nitrogen and oxygen atoms in total. The number of para-hydroxylation sites is 1. The quantitative estimate of drug-likeness (QED) is 0.762. The minimum absolute atomic E-state index is 0.681. The van der Waals surface area contributed by atoms with Gasteiger partial charge >= 0.3 is 0 Å². The van der Waals surface area contributed by atoms with E-state index in [0.717, 1.165) is 47.3 Å². The van der Waals surface area contributed by atoms with Crippen molar-refractivity contribution in [3.63, 3.8) is 0 Å². The molecule has 114 valence electrons. The molecule has 0 amide bonds. The lowest BCUT2D eigenvalue weighted by atomic mass is 10.1. The summed E-state index contributed by atoms with van der Waals surface area (Å²) >= 11 is 1.69. The molecule has 0 atom stereocenters. The highest BCUT2D eigenvalue weighted by molar-refractivity contribution is 7.11. The number of ether oxygens (including phenoxy) is 1. The Bertz CT molecular complexity index is 554. The minimum Gasteiger partial charge on any atom is -0.496 e. The van der Waals surface area contributed by atoms with Gasteiger partial charge in [0.25, 0.3) is 0 Å². The molecule has 0 saturated heterocycles. The maximum absolute atomic E-state index is 5.37. The molecule has 0 saturated carbocycles. The summed E-state index contributed by atoms with van der Waals surface area (Å²) < 4.78 is 5.37. The Morgan fingerprint density at radius 1 is 1.19 bits per heavy atom. The van der Waals surface area contributed by atoms with Gasteiger partial charge in [0.05, 0.1) is 7.11 Å². The summed E-state index contributed by atoms with van der Waals surface area (Å²) in [6.45, 7) is 6.43. The second-order valence-electron chi connectivity index (χ2n) is 5.43. The molecule has 0 radical (unpaired) electrons. The van der Waals surface area contributed by atoms with Crippen LogP contribution in [0.4, 0.5) is 0 Å². The van der Waals surface area contributed by atoms with Gasteiger partial charge in [-0.15, -0.1) is 21.5 Å². The van der Waals surface area contributed by atoms with E-state index in [9.17, 15) is 0 Å². The third kappa shape index (κ3) is 5.10. The van der Waals surface area contributed by atoms with Crippen LogP contribution in [0.15, 0.2) is 24.3 Å². The van der Waals surface area contributed by atoms with Gasteiger partial charge in [-0.2, -0.15) is 0 Å². The van der Waals surface area contributed by atoms with E-state index in [1.54, 1.807) is 18.4 Å². The predicted octanol–water partition coefficient (Wildman–Crippen LogP) is 2.93. The van der Waals surface area contributed by atoms with Crippen LogP contribution in [0.1, 0.15) is 29.4 Å². The van der Waals surface area contributed by atoms with Crippen LogP contribution >= 0.6 is 11.3 Å². The van der Waals surface area contributed by atoms with Gasteiger partial charge in [0.1, 0.15) is 15.8 Å². The van der Waals surface area contributed by atoms with Crippen molar-refractivity contribution in [1.29, 1.82) is 0 Å². The maximum Gasteiger partial charge on any atom is 0.122 e. The zero-order valence-corrected chi connectivity index (χ0v) is 13.7. The minimum atomic E-state index is 0.681. The molecule has 0 spiro atoms. The summed E-state index contributed by atoms with van der Waals surface area (Å²) in [6, 6.07) is 8.06. The molecule has 0 aliphatic rings. The van der Waals surface area contributed by atoms with Gasteiger partial charge in [0.2, 0.25) is 0 Å². The largest absolute Gasteiger partial charge is 0.496 e. The molecular formula is C16H23N3OS. The van der Waals surface area contributed by atoms with Crippen molar-refractivity contribution in [2.24, 2.45) is 5.92 Å². The second kappa shape index (κ2) is 8.10. The first-order valence-electron chi connectivity index (χ1n) is 7.33. The van der Waals surface area contributed by atoms with Crippen LogP contribution in [0.3, 0.4) is 0 Å². The van der Waals surface area contributed by atoms with Crippen molar-refractivity contribution < 1.29 is 4.74 Å². The molecule has 1 aromatic heterocycles. The average Bonchev–Trinajstić information content (AvgIpc) is 2.91. The first kappa shape index (κ1) is 15.9. The second-order valence-corrected chi connectivity index (χ2v) is 6.57. The Kier molecular flexibility index (Phi) is 6.14. The van der Waals surface area contributed by atoms with Crippen LogP contribution < -0.4 is 10.1 Å². The number of nitrogens with one attached hydrogen (secondary N) is 1. The lowest BCUT2D eigenvalue weighted by Gasteiger charge is -2.05. The highest BCUT2D eigenvalue weighted by Gasteiger charge is 2.08. The van der Waals surface area contributed by atoms with Gasteiger partial charge in [0, 0.05) is 24.9 Å². The van der Waals surface area contributed by atoms with Crippen LogP contribution in [-0.4, -0.2) is 30.4 Å². The third-order valence-electron chi connectivity index (χ3n) is 3.11. The van der Waals surface area contributed by atoms with Crippen LogP contribution in [0.5, 0.6) is 5.75 Å². The van der Waals surface area contributed by atoms with E-state index in [4.69, 9.17) is 4.74 Å². The Hall–Kier alpha value is -1.46. The molecule has 1 heterocycles. The van der Waals surface area contributed by atoms with Gasteiger partial charge in [-0.1, -0.05) is 32.0 Å². The Morgan fingerprint density at radius 2 is 1.95 bits per heavy atom. The topological polar surface area (TPSA) is 47.0 Å². The molecular weight excluding hydrogens is 282 g/mol. The van der Waals surface area contributed by atoms with Crippen molar-refractivity contribution in [3.8, 4) is 5.75 Å². The molecule has 0 bridgehead atoms. The van der Waals surface area contributed by atoms with E-state index >= 15 is 0 Å². The monoisotopic (exact) mass is 305 g/mol. The number of methoxy groups -OCH3 is 1. The van der Waals surface area contributed by atoms with E-state index < -0.39 is 0 Å². The average molecular weight is 305 g/mol.